The standard InChI is InChI=1S/C16H24N4O/c1-4-20-12-14(13-8-5-6-9-15(13)20)18-16(21)17-10-7-11-19(2)3/h5-6,8-9,12H,4,7,10-11H2,1-3H3,(H2,17,18,21). The maximum atomic E-state index is 12.0. The molecule has 21 heavy (non-hydrogen) atoms. The minimum atomic E-state index is -0.146. The summed E-state index contributed by atoms with van der Waals surface area (Å²) in [4.78, 5) is 14.1. The number of amides is 2. The van der Waals surface area contributed by atoms with Crippen molar-refractivity contribution in [1.82, 2.24) is 14.8 Å². The zero-order valence-corrected chi connectivity index (χ0v) is 13.0. The van der Waals surface area contributed by atoms with Crippen LogP contribution in [0.25, 0.3) is 10.9 Å². The third kappa shape index (κ3) is 3.98. The largest absolute Gasteiger partial charge is 0.346 e. The average Bonchev–Trinajstić information content (AvgIpc) is 2.82. The van der Waals surface area contributed by atoms with E-state index in [-0.39, 0.29) is 6.03 Å². The number of aryl methyl sites for hydroxylation is 1. The molecule has 0 fully saturated rings. The van der Waals surface area contributed by atoms with Crippen molar-refractivity contribution in [3.8, 4) is 0 Å². The molecule has 2 N–H and O–H groups in total. The van der Waals surface area contributed by atoms with E-state index in [1.807, 2.05) is 38.5 Å². The van der Waals surface area contributed by atoms with Crippen molar-refractivity contribution < 1.29 is 4.79 Å². The van der Waals surface area contributed by atoms with E-state index in [1.165, 1.54) is 0 Å². The van der Waals surface area contributed by atoms with Crippen LogP contribution in [0, 0.1) is 0 Å². The molecule has 0 aliphatic rings. The molecule has 1 aromatic heterocycles. The fourth-order valence-electron chi connectivity index (χ4n) is 2.37. The highest BCUT2D eigenvalue weighted by atomic mass is 16.2. The molecule has 0 spiro atoms. The Hall–Kier alpha value is -2.01. The van der Waals surface area contributed by atoms with E-state index in [0.717, 1.165) is 36.1 Å². The van der Waals surface area contributed by atoms with Crippen LogP contribution in [0.1, 0.15) is 13.3 Å². The predicted octanol–water partition coefficient (Wildman–Crippen LogP) is 2.73. The predicted molar refractivity (Wildman–Crippen MR) is 87.8 cm³/mol. The van der Waals surface area contributed by atoms with Crippen molar-refractivity contribution in [3.05, 3.63) is 30.5 Å². The Labute approximate surface area is 125 Å². The van der Waals surface area contributed by atoms with Gasteiger partial charge in [-0.25, -0.2) is 4.79 Å². The molecule has 2 aromatic rings. The van der Waals surface area contributed by atoms with Gasteiger partial charge in [-0.15, -0.1) is 0 Å². The maximum Gasteiger partial charge on any atom is 0.319 e. The van der Waals surface area contributed by atoms with Crippen molar-refractivity contribution in [2.45, 2.75) is 19.9 Å². The van der Waals surface area contributed by atoms with Gasteiger partial charge in [0.15, 0.2) is 0 Å². The smallest absolute Gasteiger partial charge is 0.319 e. The maximum absolute atomic E-state index is 12.0. The number of carbonyl (C=O) groups excluding carboxylic acids is 1. The summed E-state index contributed by atoms with van der Waals surface area (Å²) in [5.41, 5.74) is 2.00. The van der Waals surface area contributed by atoms with Crippen molar-refractivity contribution in [3.63, 3.8) is 0 Å². The Morgan fingerprint density at radius 3 is 2.76 bits per heavy atom. The number of nitrogens with zero attached hydrogens (tertiary/aromatic N) is 2. The average molecular weight is 288 g/mol. The number of benzene rings is 1. The number of rotatable bonds is 6. The van der Waals surface area contributed by atoms with Crippen molar-refractivity contribution in [1.29, 1.82) is 0 Å². The van der Waals surface area contributed by atoms with Gasteiger partial charge in [0, 0.05) is 24.7 Å². The summed E-state index contributed by atoms with van der Waals surface area (Å²) >= 11 is 0. The summed E-state index contributed by atoms with van der Waals surface area (Å²) in [5.74, 6) is 0. The molecule has 2 amide bonds. The Morgan fingerprint density at radius 2 is 2.05 bits per heavy atom. The van der Waals surface area contributed by atoms with Crippen LogP contribution < -0.4 is 10.6 Å². The van der Waals surface area contributed by atoms with Gasteiger partial charge in [-0.1, -0.05) is 18.2 Å². The topological polar surface area (TPSA) is 49.3 Å². The summed E-state index contributed by atoms with van der Waals surface area (Å²) < 4.78 is 2.14. The molecule has 5 heteroatoms. The molecule has 0 aliphatic carbocycles. The molecule has 0 aliphatic heterocycles. The summed E-state index contributed by atoms with van der Waals surface area (Å²) in [6, 6.07) is 7.96. The monoisotopic (exact) mass is 288 g/mol. The molecule has 0 saturated heterocycles. The zero-order chi connectivity index (χ0) is 15.2. The van der Waals surface area contributed by atoms with Crippen LogP contribution in [0.5, 0.6) is 0 Å². The number of carbonyl (C=O) groups is 1. The SMILES string of the molecule is CCn1cc(NC(=O)NCCCN(C)C)c2ccccc21. The van der Waals surface area contributed by atoms with Gasteiger partial charge < -0.3 is 20.1 Å². The lowest BCUT2D eigenvalue weighted by atomic mass is 10.2. The lowest BCUT2D eigenvalue weighted by Gasteiger charge is -2.10. The molecule has 5 nitrogen and oxygen atoms in total. The number of para-hydroxylation sites is 1. The number of fused-ring (bicyclic) bond motifs is 1. The fraction of sp³-hybridized carbons (Fsp3) is 0.438. The van der Waals surface area contributed by atoms with E-state index in [2.05, 4.69) is 33.1 Å². The summed E-state index contributed by atoms with van der Waals surface area (Å²) in [6.07, 6.45) is 2.93. The van der Waals surface area contributed by atoms with E-state index >= 15 is 0 Å². The van der Waals surface area contributed by atoms with Crippen LogP contribution in [0.4, 0.5) is 10.5 Å². The molecule has 1 aromatic carbocycles. The Balaban J connectivity index is 1.98. The van der Waals surface area contributed by atoms with Crippen LogP contribution in [0.3, 0.4) is 0 Å². The van der Waals surface area contributed by atoms with Gasteiger partial charge in [0.1, 0.15) is 0 Å². The van der Waals surface area contributed by atoms with E-state index < -0.39 is 0 Å². The van der Waals surface area contributed by atoms with E-state index in [1.54, 1.807) is 0 Å². The number of urea groups is 1. The van der Waals surface area contributed by atoms with E-state index in [9.17, 15) is 4.79 Å². The van der Waals surface area contributed by atoms with Gasteiger partial charge in [-0.2, -0.15) is 0 Å². The molecule has 0 unspecified atom stereocenters. The number of anilines is 1. The molecule has 2 rings (SSSR count). The highest BCUT2D eigenvalue weighted by Gasteiger charge is 2.09. The Morgan fingerprint density at radius 1 is 1.29 bits per heavy atom. The van der Waals surface area contributed by atoms with Crippen molar-refractivity contribution >= 4 is 22.6 Å². The minimum Gasteiger partial charge on any atom is -0.346 e. The molecule has 0 radical (unpaired) electrons. The molecule has 0 bridgehead atoms. The van der Waals surface area contributed by atoms with Gasteiger partial charge in [-0.05, 0) is 40.1 Å². The Kier molecular flexibility index (Phi) is 5.22. The molecule has 0 saturated carbocycles. The van der Waals surface area contributed by atoms with E-state index in [4.69, 9.17) is 0 Å². The van der Waals surface area contributed by atoms with Crippen LogP contribution in [0.15, 0.2) is 30.5 Å². The third-order valence-corrected chi connectivity index (χ3v) is 3.45. The van der Waals surface area contributed by atoms with Crippen LogP contribution in [-0.2, 0) is 6.54 Å². The Bertz CT molecular complexity index is 603. The summed E-state index contributed by atoms with van der Waals surface area (Å²) in [7, 11) is 4.05. The van der Waals surface area contributed by atoms with Crippen molar-refractivity contribution in [2.24, 2.45) is 0 Å². The lowest BCUT2D eigenvalue weighted by Crippen LogP contribution is -2.31. The second-order valence-electron chi connectivity index (χ2n) is 5.38. The van der Waals surface area contributed by atoms with Crippen LogP contribution in [-0.4, -0.2) is 42.7 Å². The number of hydrogen-bond donors (Lipinski definition) is 2. The second kappa shape index (κ2) is 7.13. The highest BCUT2D eigenvalue weighted by molar-refractivity contribution is 6.01. The first-order valence-electron chi connectivity index (χ1n) is 7.39. The molecular formula is C16H24N4O. The molecular weight excluding hydrogens is 264 g/mol. The van der Waals surface area contributed by atoms with Gasteiger partial charge >= 0.3 is 6.03 Å². The minimum absolute atomic E-state index is 0.146. The molecule has 1 heterocycles. The highest BCUT2D eigenvalue weighted by Crippen LogP contribution is 2.25. The number of nitrogens with one attached hydrogen (secondary N) is 2. The lowest BCUT2D eigenvalue weighted by molar-refractivity contribution is 0.251. The number of hydrogen-bond acceptors (Lipinski definition) is 2. The summed E-state index contributed by atoms with van der Waals surface area (Å²) in [5, 5.41) is 6.91. The van der Waals surface area contributed by atoms with Gasteiger partial charge in [0.25, 0.3) is 0 Å². The van der Waals surface area contributed by atoms with Gasteiger partial charge in [0.2, 0.25) is 0 Å². The quantitative estimate of drug-likeness (QED) is 0.803. The molecule has 114 valence electrons. The zero-order valence-electron chi connectivity index (χ0n) is 13.0. The second-order valence-corrected chi connectivity index (χ2v) is 5.38. The molecule has 0 atom stereocenters. The van der Waals surface area contributed by atoms with Gasteiger partial charge in [-0.3, -0.25) is 0 Å². The third-order valence-electron chi connectivity index (χ3n) is 3.45. The van der Waals surface area contributed by atoms with Crippen LogP contribution in [0.2, 0.25) is 0 Å². The van der Waals surface area contributed by atoms with Gasteiger partial charge in [0.05, 0.1) is 11.2 Å². The first-order chi connectivity index (χ1) is 10.1. The summed E-state index contributed by atoms with van der Waals surface area (Å²) in [6.45, 7) is 4.62. The number of aromatic nitrogens is 1. The first-order valence-corrected chi connectivity index (χ1v) is 7.39. The fourth-order valence-corrected chi connectivity index (χ4v) is 2.37. The first kappa shape index (κ1) is 15.4. The normalized spacial score (nSPS) is 11.0. The van der Waals surface area contributed by atoms with Crippen molar-refractivity contribution in [2.75, 3.05) is 32.5 Å². The van der Waals surface area contributed by atoms with Crippen LogP contribution >= 0.6 is 0 Å². The van der Waals surface area contributed by atoms with E-state index in [0.29, 0.717) is 6.54 Å².